The van der Waals surface area contributed by atoms with Crippen LogP contribution in [0.2, 0.25) is 0 Å². The van der Waals surface area contributed by atoms with Crippen LogP contribution in [0.5, 0.6) is 0 Å². The molecule has 27 heavy (non-hydrogen) atoms. The van der Waals surface area contributed by atoms with Crippen LogP contribution in [0.3, 0.4) is 0 Å². The second-order valence-corrected chi connectivity index (χ2v) is 7.52. The molecule has 3 heterocycles. The number of aryl methyl sites for hydroxylation is 1. The molecule has 140 valence electrons. The number of amides is 1. The Morgan fingerprint density at radius 3 is 2.78 bits per heavy atom. The maximum absolute atomic E-state index is 13.1. The lowest BCUT2D eigenvalue weighted by atomic mass is 10.2. The molecular formula is C19H22N6OS. The lowest BCUT2D eigenvalue weighted by Gasteiger charge is -2.32. The molecule has 0 unspecified atom stereocenters. The maximum atomic E-state index is 13.1. The van der Waals surface area contributed by atoms with E-state index in [0.717, 1.165) is 28.8 Å². The molecule has 1 N–H and O–H groups in total. The Kier molecular flexibility index (Phi) is 4.65. The van der Waals surface area contributed by atoms with Gasteiger partial charge >= 0.3 is 0 Å². The van der Waals surface area contributed by atoms with Gasteiger partial charge in [-0.2, -0.15) is 5.10 Å². The first-order valence-electron chi connectivity index (χ1n) is 9.11. The minimum Gasteiger partial charge on any atom is -0.362 e. The monoisotopic (exact) mass is 382 g/mol. The lowest BCUT2D eigenvalue weighted by molar-refractivity contribution is 0.0635. The number of fused-ring (bicyclic) bond motifs is 1. The van der Waals surface area contributed by atoms with E-state index in [1.54, 1.807) is 0 Å². The Balaban J connectivity index is 1.61. The smallest absolute Gasteiger partial charge is 0.266 e. The summed E-state index contributed by atoms with van der Waals surface area (Å²) in [6.07, 6.45) is 0. The van der Waals surface area contributed by atoms with E-state index in [1.165, 1.54) is 11.3 Å². The van der Waals surface area contributed by atoms with Gasteiger partial charge < -0.3 is 10.2 Å². The average Bonchev–Trinajstić information content (AvgIpc) is 3.27. The summed E-state index contributed by atoms with van der Waals surface area (Å²) in [4.78, 5) is 24.9. The zero-order valence-corrected chi connectivity index (χ0v) is 16.5. The molecule has 1 aliphatic rings. The van der Waals surface area contributed by atoms with Gasteiger partial charge in [0.2, 0.25) is 0 Å². The third-order valence-corrected chi connectivity index (χ3v) is 5.81. The summed E-state index contributed by atoms with van der Waals surface area (Å²) >= 11 is 1.41. The maximum Gasteiger partial charge on any atom is 0.266 e. The molecule has 2 aromatic heterocycles. The molecule has 3 aromatic rings. The van der Waals surface area contributed by atoms with Crippen LogP contribution in [0.4, 0.5) is 5.13 Å². The second-order valence-electron chi connectivity index (χ2n) is 6.52. The van der Waals surface area contributed by atoms with E-state index in [0.29, 0.717) is 23.8 Å². The fourth-order valence-corrected chi connectivity index (χ4v) is 4.29. The molecule has 0 fully saturated rings. The number of hydrogen-bond acceptors (Lipinski definition) is 6. The van der Waals surface area contributed by atoms with Crippen molar-refractivity contribution in [1.82, 2.24) is 24.6 Å². The zero-order valence-electron chi connectivity index (χ0n) is 15.6. The summed E-state index contributed by atoms with van der Waals surface area (Å²) in [5.41, 5.74) is 1.75. The normalized spacial score (nSPS) is 16.3. The lowest BCUT2D eigenvalue weighted by Crippen LogP contribution is -2.41. The summed E-state index contributed by atoms with van der Waals surface area (Å²) in [7, 11) is 0. The van der Waals surface area contributed by atoms with Crippen LogP contribution in [0, 0.1) is 6.92 Å². The van der Waals surface area contributed by atoms with E-state index in [2.05, 4.69) is 15.4 Å². The van der Waals surface area contributed by atoms with Gasteiger partial charge in [-0.15, -0.1) is 0 Å². The standard InChI is InChI=1S/C19H22N6OS/c1-4-20-19-21-12(2)15(27-19)18(26)24-10-11-25-17(13(24)3)22-16(23-25)14-8-6-5-7-9-14/h5-9,13H,4,10-11H2,1-3H3,(H,20,21)/t13-/m0/s1. The van der Waals surface area contributed by atoms with Crippen LogP contribution in [0.15, 0.2) is 30.3 Å². The highest BCUT2D eigenvalue weighted by Crippen LogP contribution is 2.30. The minimum atomic E-state index is -0.139. The van der Waals surface area contributed by atoms with E-state index in [4.69, 9.17) is 4.98 Å². The fraction of sp³-hybridized carbons (Fsp3) is 0.368. The molecule has 1 aromatic carbocycles. The molecule has 4 rings (SSSR count). The number of hydrogen-bond donors (Lipinski definition) is 1. The molecular weight excluding hydrogens is 360 g/mol. The van der Waals surface area contributed by atoms with Crippen molar-refractivity contribution < 1.29 is 4.79 Å². The van der Waals surface area contributed by atoms with Crippen LogP contribution < -0.4 is 5.32 Å². The Labute approximate surface area is 162 Å². The van der Waals surface area contributed by atoms with Crippen LogP contribution in [0.1, 0.15) is 41.1 Å². The van der Waals surface area contributed by atoms with Gasteiger partial charge in [0.1, 0.15) is 10.7 Å². The number of benzene rings is 1. The number of rotatable bonds is 4. The van der Waals surface area contributed by atoms with Gasteiger partial charge in [0.05, 0.1) is 18.3 Å². The van der Waals surface area contributed by atoms with E-state index in [1.807, 2.05) is 60.7 Å². The van der Waals surface area contributed by atoms with Crippen molar-refractivity contribution in [3.05, 3.63) is 46.7 Å². The van der Waals surface area contributed by atoms with Crippen molar-refractivity contribution in [2.45, 2.75) is 33.4 Å². The summed E-state index contributed by atoms with van der Waals surface area (Å²) in [5, 5.41) is 8.61. The molecule has 8 heteroatoms. The molecule has 1 atom stereocenters. The van der Waals surface area contributed by atoms with Crippen LogP contribution in [0.25, 0.3) is 11.4 Å². The third kappa shape index (κ3) is 3.21. The summed E-state index contributed by atoms with van der Waals surface area (Å²) in [5.74, 6) is 1.54. The highest BCUT2D eigenvalue weighted by atomic mass is 32.1. The topological polar surface area (TPSA) is 75.9 Å². The summed E-state index contributed by atoms with van der Waals surface area (Å²) in [6.45, 7) is 7.94. The molecule has 1 aliphatic heterocycles. The molecule has 0 radical (unpaired) electrons. The third-order valence-electron chi connectivity index (χ3n) is 4.71. The van der Waals surface area contributed by atoms with E-state index >= 15 is 0 Å². The largest absolute Gasteiger partial charge is 0.362 e. The number of nitrogens with one attached hydrogen (secondary N) is 1. The molecule has 0 aliphatic carbocycles. The van der Waals surface area contributed by atoms with E-state index < -0.39 is 0 Å². The first-order valence-corrected chi connectivity index (χ1v) is 9.92. The highest BCUT2D eigenvalue weighted by molar-refractivity contribution is 7.17. The van der Waals surface area contributed by atoms with Crippen LogP contribution >= 0.6 is 11.3 Å². The Bertz CT molecular complexity index is 964. The zero-order chi connectivity index (χ0) is 19.0. The highest BCUT2D eigenvalue weighted by Gasteiger charge is 2.33. The number of aromatic nitrogens is 4. The second kappa shape index (κ2) is 7.11. The van der Waals surface area contributed by atoms with Crippen molar-refractivity contribution in [1.29, 1.82) is 0 Å². The van der Waals surface area contributed by atoms with Crippen molar-refractivity contribution >= 4 is 22.4 Å². The molecule has 0 bridgehead atoms. The predicted molar refractivity (Wildman–Crippen MR) is 106 cm³/mol. The SMILES string of the molecule is CCNc1nc(C)c(C(=O)N2CCn3nc(-c4ccccc4)nc3[C@@H]2C)s1. The fourth-order valence-electron chi connectivity index (χ4n) is 3.30. The first-order chi connectivity index (χ1) is 13.1. The Hall–Kier alpha value is -2.74. The number of thiazole rings is 1. The van der Waals surface area contributed by atoms with E-state index in [9.17, 15) is 4.79 Å². The number of nitrogens with zero attached hydrogens (tertiary/aromatic N) is 5. The van der Waals surface area contributed by atoms with Crippen LogP contribution in [-0.2, 0) is 6.54 Å². The molecule has 1 amide bonds. The molecule has 0 saturated heterocycles. The Morgan fingerprint density at radius 2 is 2.04 bits per heavy atom. The van der Waals surface area contributed by atoms with Gasteiger partial charge in [0, 0.05) is 18.7 Å². The summed E-state index contributed by atoms with van der Waals surface area (Å²) in [6, 6.07) is 9.78. The van der Waals surface area contributed by atoms with Gasteiger partial charge in [0.15, 0.2) is 11.0 Å². The molecule has 0 spiro atoms. The van der Waals surface area contributed by atoms with Crippen molar-refractivity contribution in [2.75, 3.05) is 18.4 Å². The first kappa shape index (κ1) is 17.7. The average molecular weight is 382 g/mol. The number of carbonyl (C=O) groups excluding carboxylic acids is 1. The predicted octanol–water partition coefficient (Wildman–Crippen LogP) is 3.36. The van der Waals surface area contributed by atoms with Gasteiger partial charge in [0.25, 0.3) is 5.91 Å². The van der Waals surface area contributed by atoms with Gasteiger partial charge in [-0.25, -0.2) is 14.6 Å². The van der Waals surface area contributed by atoms with Crippen molar-refractivity contribution in [3.8, 4) is 11.4 Å². The van der Waals surface area contributed by atoms with Gasteiger partial charge in [-0.1, -0.05) is 41.7 Å². The molecule has 0 saturated carbocycles. The van der Waals surface area contributed by atoms with Gasteiger partial charge in [-0.3, -0.25) is 4.79 Å². The number of anilines is 1. The van der Waals surface area contributed by atoms with E-state index in [-0.39, 0.29) is 11.9 Å². The Morgan fingerprint density at radius 1 is 1.26 bits per heavy atom. The minimum absolute atomic E-state index is 0.0113. The summed E-state index contributed by atoms with van der Waals surface area (Å²) < 4.78 is 1.92. The van der Waals surface area contributed by atoms with Crippen molar-refractivity contribution in [2.24, 2.45) is 0 Å². The molecule has 7 nitrogen and oxygen atoms in total. The van der Waals surface area contributed by atoms with Crippen molar-refractivity contribution in [3.63, 3.8) is 0 Å². The quantitative estimate of drug-likeness (QED) is 0.749. The van der Waals surface area contributed by atoms with Crippen LogP contribution in [-0.4, -0.2) is 43.6 Å². The number of carbonyl (C=O) groups is 1. The van der Waals surface area contributed by atoms with Gasteiger partial charge in [-0.05, 0) is 20.8 Å².